The molecule has 0 saturated carbocycles. The number of primary amides is 1. The fourth-order valence-corrected chi connectivity index (χ4v) is 5.11. The van der Waals surface area contributed by atoms with Crippen molar-refractivity contribution in [2.24, 2.45) is 17.9 Å². The lowest BCUT2D eigenvalue weighted by Crippen LogP contribution is -2.42. The van der Waals surface area contributed by atoms with Crippen LogP contribution in [0.5, 0.6) is 0 Å². The van der Waals surface area contributed by atoms with Crippen molar-refractivity contribution >= 4 is 46.5 Å². The van der Waals surface area contributed by atoms with Gasteiger partial charge >= 0.3 is 6.18 Å². The first kappa shape index (κ1) is 28.4. The largest absolute Gasteiger partial charge is 0.435 e. The molecule has 0 saturated heterocycles. The van der Waals surface area contributed by atoms with Gasteiger partial charge in [-0.1, -0.05) is 47.8 Å². The van der Waals surface area contributed by atoms with E-state index in [0.29, 0.717) is 29.5 Å². The number of halogens is 5. The van der Waals surface area contributed by atoms with Gasteiger partial charge in [-0.2, -0.15) is 18.3 Å². The number of nitrogens with one attached hydrogen (secondary N) is 1. The zero-order valence-corrected chi connectivity index (χ0v) is 22.6. The zero-order chi connectivity index (χ0) is 28.7. The molecule has 3 N–H and O–H groups in total. The summed E-state index contributed by atoms with van der Waals surface area (Å²) < 4.78 is 44.2. The van der Waals surface area contributed by atoms with Crippen molar-refractivity contribution in [3.63, 3.8) is 0 Å². The summed E-state index contributed by atoms with van der Waals surface area (Å²) in [5, 5.41) is 10.8. The number of hydrogen-bond acceptors (Lipinski definition) is 5. The van der Waals surface area contributed by atoms with Gasteiger partial charge in [-0.25, -0.2) is 0 Å². The molecule has 2 aromatic carbocycles. The molecular weight excluding hydrogens is 558 g/mol. The number of aryl methyl sites for hydroxylation is 2. The molecule has 0 radical (unpaired) electrons. The summed E-state index contributed by atoms with van der Waals surface area (Å²) >= 11 is 11.9. The molecule has 1 aliphatic heterocycles. The number of alkyl halides is 3. The van der Waals surface area contributed by atoms with Crippen LogP contribution in [0.25, 0.3) is 0 Å². The van der Waals surface area contributed by atoms with Gasteiger partial charge in [0, 0.05) is 40.2 Å². The van der Waals surface area contributed by atoms with E-state index in [1.54, 1.807) is 20.0 Å². The van der Waals surface area contributed by atoms with Crippen LogP contribution in [0.3, 0.4) is 0 Å². The minimum Gasteiger partial charge on any atom is -0.374 e. The highest BCUT2D eigenvalue weighted by Crippen LogP contribution is 2.49. The summed E-state index contributed by atoms with van der Waals surface area (Å²) in [6, 6.07) is 8.13. The number of nitrogens with zero attached hydrogens (tertiary/aromatic N) is 3. The Morgan fingerprint density at radius 1 is 1.18 bits per heavy atom. The molecule has 13 heteroatoms. The Labute approximate surface area is 231 Å². The monoisotopic (exact) mass is 581 g/mol. The quantitative estimate of drug-likeness (QED) is 0.360. The van der Waals surface area contributed by atoms with Crippen molar-refractivity contribution in [3.8, 4) is 0 Å². The normalized spacial score (nSPS) is 17.1. The van der Waals surface area contributed by atoms with Gasteiger partial charge in [0.1, 0.15) is 5.69 Å². The van der Waals surface area contributed by atoms with Crippen LogP contribution in [-0.4, -0.2) is 33.5 Å². The van der Waals surface area contributed by atoms with Crippen molar-refractivity contribution < 1.29 is 27.6 Å². The van der Waals surface area contributed by atoms with E-state index in [1.165, 1.54) is 22.9 Å². The zero-order valence-electron chi connectivity index (χ0n) is 21.1. The molecule has 206 valence electrons. The van der Waals surface area contributed by atoms with E-state index in [0.717, 1.165) is 12.1 Å². The maximum Gasteiger partial charge on any atom is 0.435 e. The van der Waals surface area contributed by atoms with Crippen molar-refractivity contribution in [2.75, 3.05) is 5.32 Å². The summed E-state index contributed by atoms with van der Waals surface area (Å²) in [6.07, 6.45) is -4.29. The predicted molar refractivity (Wildman–Crippen MR) is 141 cm³/mol. The number of nitrogens with two attached hydrogens (primary N) is 1. The Morgan fingerprint density at radius 2 is 1.85 bits per heavy atom. The Kier molecular flexibility index (Phi) is 7.68. The molecule has 0 aliphatic carbocycles. The van der Waals surface area contributed by atoms with Gasteiger partial charge in [0.15, 0.2) is 5.82 Å². The first-order valence-corrected chi connectivity index (χ1v) is 12.6. The van der Waals surface area contributed by atoms with Crippen molar-refractivity contribution in [1.82, 2.24) is 9.78 Å². The lowest BCUT2D eigenvalue weighted by Gasteiger charge is -2.29. The highest BCUT2D eigenvalue weighted by molar-refractivity contribution is 6.34. The number of amides is 2. The number of hydrogen-bond donors (Lipinski definition) is 2. The third kappa shape index (κ3) is 5.33. The first-order chi connectivity index (χ1) is 18.3. The molecule has 0 bridgehead atoms. The first-order valence-electron chi connectivity index (χ1n) is 11.8. The van der Waals surface area contributed by atoms with Gasteiger partial charge < -0.3 is 15.9 Å². The standard InChI is InChI=1S/C26H24Cl2F3N5O3/c1-4-5-19-21(22(32)37)36(3)34-23(19)33-24(38)18-7-6-14(8-13(18)2)20-12-25(39-35-20,26(29,30)31)15-9-16(27)11-17(28)10-15/h6-11H,4-5,12H2,1-3H3,(H2,32,37)(H,33,34,38). The minimum atomic E-state index is -4.83. The summed E-state index contributed by atoms with van der Waals surface area (Å²) in [7, 11) is 1.55. The molecule has 1 aromatic heterocycles. The highest BCUT2D eigenvalue weighted by Gasteiger charge is 2.62. The third-order valence-electron chi connectivity index (χ3n) is 6.43. The van der Waals surface area contributed by atoms with Gasteiger partial charge in [0.25, 0.3) is 17.4 Å². The average Bonchev–Trinajstić information content (AvgIpc) is 3.41. The topological polar surface area (TPSA) is 112 Å². The van der Waals surface area contributed by atoms with Gasteiger partial charge in [0.05, 0.1) is 5.71 Å². The number of benzene rings is 2. The van der Waals surface area contributed by atoms with Crippen molar-refractivity contribution in [1.29, 1.82) is 0 Å². The van der Waals surface area contributed by atoms with E-state index in [2.05, 4.69) is 15.6 Å². The summed E-state index contributed by atoms with van der Waals surface area (Å²) in [4.78, 5) is 30.0. The molecule has 3 aromatic rings. The van der Waals surface area contributed by atoms with Crippen molar-refractivity contribution in [2.45, 2.75) is 44.9 Å². The van der Waals surface area contributed by atoms with E-state index in [-0.39, 0.29) is 38.4 Å². The summed E-state index contributed by atoms with van der Waals surface area (Å²) in [5.41, 5.74) is 4.30. The van der Waals surface area contributed by atoms with Crippen LogP contribution in [0, 0.1) is 6.92 Å². The fourth-order valence-electron chi connectivity index (χ4n) is 4.58. The van der Waals surface area contributed by atoms with Crippen LogP contribution in [0.15, 0.2) is 41.6 Å². The van der Waals surface area contributed by atoms with E-state index < -0.39 is 30.0 Å². The number of rotatable bonds is 7. The number of carbonyl (C=O) groups is 2. The maximum atomic E-state index is 14.3. The minimum absolute atomic E-state index is 0.0299. The van der Waals surface area contributed by atoms with Crippen molar-refractivity contribution in [3.05, 3.63) is 80.0 Å². The van der Waals surface area contributed by atoms with E-state index in [1.807, 2.05) is 6.92 Å². The summed E-state index contributed by atoms with van der Waals surface area (Å²) in [5.74, 6) is -0.956. The molecule has 1 atom stereocenters. The second kappa shape index (κ2) is 10.5. The molecule has 8 nitrogen and oxygen atoms in total. The predicted octanol–water partition coefficient (Wildman–Crippen LogP) is 5.92. The van der Waals surface area contributed by atoms with E-state index >= 15 is 0 Å². The molecular formula is C26H24Cl2F3N5O3. The van der Waals surface area contributed by atoms with E-state index in [9.17, 15) is 22.8 Å². The lowest BCUT2D eigenvalue weighted by molar-refractivity contribution is -0.275. The lowest BCUT2D eigenvalue weighted by atomic mass is 9.86. The summed E-state index contributed by atoms with van der Waals surface area (Å²) in [6.45, 7) is 3.55. The Bertz CT molecular complexity index is 1480. The molecule has 39 heavy (non-hydrogen) atoms. The second-order valence-electron chi connectivity index (χ2n) is 9.19. The second-order valence-corrected chi connectivity index (χ2v) is 10.1. The van der Waals surface area contributed by atoms with Crippen LogP contribution in [0.1, 0.15) is 62.9 Å². The number of anilines is 1. The van der Waals surface area contributed by atoms with Crippen LogP contribution in [-0.2, 0) is 23.9 Å². The third-order valence-corrected chi connectivity index (χ3v) is 6.87. The molecule has 1 unspecified atom stereocenters. The molecule has 1 aliphatic rings. The molecule has 4 rings (SSSR count). The Morgan fingerprint density at radius 3 is 2.41 bits per heavy atom. The molecule has 2 amide bonds. The fraction of sp³-hybridized carbons (Fsp3) is 0.308. The van der Waals surface area contributed by atoms with Crippen LogP contribution in [0.2, 0.25) is 10.0 Å². The highest BCUT2D eigenvalue weighted by atomic mass is 35.5. The smallest absolute Gasteiger partial charge is 0.374 e. The maximum absolute atomic E-state index is 14.3. The Balaban J connectivity index is 1.61. The van der Waals surface area contributed by atoms with Crippen LogP contribution in [0.4, 0.5) is 19.0 Å². The SMILES string of the molecule is CCCc1c(NC(=O)c2ccc(C3=NOC(c4cc(Cl)cc(Cl)c4)(C(F)(F)F)C3)cc2C)nn(C)c1C(N)=O. The average molecular weight is 582 g/mol. The number of oxime groups is 1. The van der Waals surface area contributed by atoms with Crippen LogP contribution >= 0.6 is 23.2 Å². The van der Waals surface area contributed by atoms with Gasteiger partial charge in [-0.3, -0.25) is 14.3 Å². The molecule has 2 heterocycles. The van der Waals surface area contributed by atoms with Gasteiger partial charge in [-0.15, -0.1) is 0 Å². The van der Waals surface area contributed by atoms with Gasteiger partial charge in [-0.05, 0) is 54.8 Å². The van der Waals surface area contributed by atoms with Crippen LogP contribution < -0.4 is 11.1 Å². The molecule has 0 fully saturated rings. The van der Waals surface area contributed by atoms with Gasteiger partial charge in [0.2, 0.25) is 0 Å². The number of carbonyl (C=O) groups excluding carboxylic acids is 2. The van der Waals surface area contributed by atoms with E-state index in [4.69, 9.17) is 33.8 Å². The molecule has 0 spiro atoms. The number of aromatic nitrogens is 2. The Hall–Kier alpha value is -3.57.